The lowest BCUT2D eigenvalue weighted by atomic mass is 9.86. The van der Waals surface area contributed by atoms with Crippen LogP contribution in [0, 0.1) is 29.1 Å². The fourth-order valence-corrected chi connectivity index (χ4v) is 7.10. The zero-order valence-electron chi connectivity index (χ0n) is 23.9. The van der Waals surface area contributed by atoms with E-state index in [2.05, 4.69) is 45.0 Å². The molecule has 41 heavy (non-hydrogen) atoms. The molecule has 216 valence electrons. The zero-order valence-corrected chi connectivity index (χ0v) is 23.9. The van der Waals surface area contributed by atoms with Gasteiger partial charge in [0.25, 0.3) is 0 Å². The Morgan fingerprint density at radius 2 is 1.83 bits per heavy atom. The van der Waals surface area contributed by atoms with Gasteiger partial charge in [0.15, 0.2) is 0 Å². The number of ether oxygens (including phenoxy) is 1. The number of aliphatic hydroxyl groups is 1. The van der Waals surface area contributed by atoms with Gasteiger partial charge in [-0.2, -0.15) is 10.4 Å². The Balaban J connectivity index is 1.05. The number of fused-ring (bicyclic) bond motifs is 4. The standard InChI is InChI=1S/C30H39N9O2/c1-19(2)28(40)18-38-24-5-25(38)16-37(15-24)30-33-10-21(11-34-30)27-6-26(17-39-29(27)20(7-31)12-35-39)41-4-3-36-13-22-8-32-9-23(22)14-36/h6,10-12,17,19,22-25,28,32,40H,3-5,8-9,13-16,18H2,1-2H3/t22-,23?,24?,25?,28?/m1/s1. The molecule has 3 aromatic heterocycles. The van der Waals surface area contributed by atoms with Crippen molar-refractivity contribution < 1.29 is 9.84 Å². The van der Waals surface area contributed by atoms with Gasteiger partial charge in [0, 0.05) is 74.9 Å². The Morgan fingerprint density at radius 1 is 1.10 bits per heavy atom. The van der Waals surface area contributed by atoms with E-state index in [-0.39, 0.29) is 12.0 Å². The maximum absolute atomic E-state index is 10.4. The second kappa shape index (κ2) is 10.8. The number of aromatic nitrogens is 4. The van der Waals surface area contributed by atoms with E-state index in [0.717, 1.165) is 86.8 Å². The van der Waals surface area contributed by atoms with Crippen LogP contribution < -0.4 is 15.0 Å². The summed E-state index contributed by atoms with van der Waals surface area (Å²) < 4.78 is 7.94. The van der Waals surface area contributed by atoms with E-state index in [1.165, 1.54) is 6.42 Å². The van der Waals surface area contributed by atoms with Crippen LogP contribution in [-0.2, 0) is 0 Å². The van der Waals surface area contributed by atoms with Gasteiger partial charge in [0.2, 0.25) is 5.95 Å². The van der Waals surface area contributed by atoms with Crippen molar-refractivity contribution in [1.29, 1.82) is 5.26 Å². The average molecular weight is 558 g/mol. The molecule has 0 aliphatic carbocycles. The summed E-state index contributed by atoms with van der Waals surface area (Å²) in [7, 11) is 0. The number of likely N-dealkylation sites (tertiary alicyclic amines) is 1. The highest BCUT2D eigenvalue weighted by atomic mass is 16.5. The lowest BCUT2D eigenvalue weighted by Crippen LogP contribution is -2.70. The van der Waals surface area contributed by atoms with E-state index in [4.69, 9.17) is 14.7 Å². The smallest absolute Gasteiger partial charge is 0.225 e. The molecule has 5 aliphatic heterocycles. The predicted octanol–water partition coefficient (Wildman–Crippen LogP) is 1.47. The van der Waals surface area contributed by atoms with Gasteiger partial charge in [-0.25, -0.2) is 14.5 Å². The summed E-state index contributed by atoms with van der Waals surface area (Å²) in [6, 6.07) is 5.11. The van der Waals surface area contributed by atoms with Gasteiger partial charge in [-0.15, -0.1) is 0 Å². The molecule has 2 bridgehead atoms. The Bertz CT molecular complexity index is 1410. The van der Waals surface area contributed by atoms with Gasteiger partial charge in [-0.1, -0.05) is 13.8 Å². The quantitative estimate of drug-likeness (QED) is 0.401. The zero-order chi connectivity index (χ0) is 28.1. The van der Waals surface area contributed by atoms with E-state index >= 15 is 0 Å². The highest BCUT2D eigenvalue weighted by Crippen LogP contribution is 2.35. The molecule has 0 aromatic carbocycles. The summed E-state index contributed by atoms with van der Waals surface area (Å²) in [6.07, 6.45) is 7.99. The van der Waals surface area contributed by atoms with Crippen LogP contribution in [0.2, 0.25) is 0 Å². The number of rotatable bonds is 9. The molecule has 3 aromatic rings. The first-order valence-corrected chi connectivity index (χ1v) is 15.0. The fraction of sp³-hybridized carbons (Fsp3) is 0.600. The second-order valence-corrected chi connectivity index (χ2v) is 12.6. The summed E-state index contributed by atoms with van der Waals surface area (Å²) in [5, 5.41) is 28.0. The summed E-state index contributed by atoms with van der Waals surface area (Å²) in [5.74, 6) is 3.22. The number of nitriles is 1. The van der Waals surface area contributed by atoms with Crippen LogP contribution in [0.1, 0.15) is 25.8 Å². The molecule has 0 amide bonds. The molecule has 0 saturated carbocycles. The highest BCUT2D eigenvalue weighted by Gasteiger charge is 2.45. The van der Waals surface area contributed by atoms with Crippen LogP contribution in [0.15, 0.2) is 30.9 Å². The fourth-order valence-electron chi connectivity index (χ4n) is 7.10. The van der Waals surface area contributed by atoms with Gasteiger partial charge in [0.05, 0.1) is 29.6 Å². The molecule has 0 spiro atoms. The predicted molar refractivity (Wildman–Crippen MR) is 155 cm³/mol. The van der Waals surface area contributed by atoms with Gasteiger partial charge in [-0.05, 0) is 43.3 Å². The van der Waals surface area contributed by atoms with Crippen molar-refractivity contribution in [2.24, 2.45) is 17.8 Å². The molecule has 0 radical (unpaired) electrons. The Hall–Kier alpha value is -3.30. The lowest BCUT2D eigenvalue weighted by Gasteiger charge is -2.57. The van der Waals surface area contributed by atoms with Gasteiger partial charge >= 0.3 is 0 Å². The van der Waals surface area contributed by atoms with Gasteiger partial charge in [-0.3, -0.25) is 9.80 Å². The highest BCUT2D eigenvalue weighted by molar-refractivity contribution is 5.84. The monoisotopic (exact) mass is 557 g/mol. The van der Waals surface area contributed by atoms with Crippen molar-refractivity contribution in [3.8, 4) is 22.9 Å². The van der Waals surface area contributed by atoms with Crippen molar-refractivity contribution in [3.63, 3.8) is 0 Å². The SMILES string of the molecule is CC(C)C(O)CN1C2CC1CN(c1ncc(-c3cc(OCCN4CC5CNC[C@@H]5C4)cn4ncc(C#N)c34)cn1)C2. The third kappa shape index (κ3) is 5.03. The average Bonchev–Trinajstić information content (AvgIpc) is 3.70. The first kappa shape index (κ1) is 26.6. The van der Waals surface area contributed by atoms with Crippen molar-refractivity contribution in [2.75, 3.05) is 63.9 Å². The summed E-state index contributed by atoms with van der Waals surface area (Å²) in [4.78, 5) is 16.7. The topological polar surface area (TPSA) is 118 Å². The molecule has 8 heterocycles. The van der Waals surface area contributed by atoms with Crippen molar-refractivity contribution in [2.45, 2.75) is 38.5 Å². The molecule has 5 saturated heterocycles. The van der Waals surface area contributed by atoms with Crippen LogP contribution in [0.4, 0.5) is 5.95 Å². The van der Waals surface area contributed by atoms with E-state index in [0.29, 0.717) is 30.0 Å². The van der Waals surface area contributed by atoms with Gasteiger partial charge in [0.1, 0.15) is 18.4 Å². The Kier molecular flexibility index (Phi) is 7.03. The maximum atomic E-state index is 10.4. The van der Waals surface area contributed by atoms with Crippen LogP contribution in [0.3, 0.4) is 0 Å². The molecule has 8 rings (SSSR count). The number of hydrogen-bond acceptors (Lipinski definition) is 10. The largest absolute Gasteiger partial charge is 0.491 e. The minimum Gasteiger partial charge on any atom is -0.491 e. The minimum atomic E-state index is -0.293. The number of hydrogen-bond donors (Lipinski definition) is 2. The van der Waals surface area contributed by atoms with Crippen LogP contribution in [0.25, 0.3) is 16.6 Å². The molecular formula is C30H39N9O2. The minimum absolute atomic E-state index is 0.263. The lowest BCUT2D eigenvalue weighted by molar-refractivity contribution is -0.0433. The van der Waals surface area contributed by atoms with Crippen LogP contribution in [-0.4, -0.2) is 112 Å². The van der Waals surface area contributed by atoms with E-state index in [9.17, 15) is 10.4 Å². The number of anilines is 1. The van der Waals surface area contributed by atoms with Gasteiger partial charge < -0.3 is 20.1 Å². The molecule has 11 nitrogen and oxygen atoms in total. The van der Waals surface area contributed by atoms with E-state index in [1.54, 1.807) is 10.7 Å². The second-order valence-electron chi connectivity index (χ2n) is 12.6. The summed E-state index contributed by atoms with van der Waals surface area (Å²) in [5.41, 5.74) is 2.90. The Labute approximate surface area is 240 Å². The number of piperazine rings is 1. The van der Waals surface area contributed by atoms with Crippen LogP contribution in [0.5, 0.6) is 5.75 Å². The summed E-state index contributed by atoms with van der Waals surface area (Å²) in [6.45, 7) is 12.6. The summed E-state index contributed by atoms with van der Waals surface area (Å²) >= 11 is 0. The number of piperidine rings is 1. The van der Waals surface area contributed by atoms with Crippen molar-refractivity contribution in [3.05, 3.63) is 36.4 Å². The third-order valence-corrected chi connectivity index (χ3v) is 9.59. The van der Waals surface area contributed by atoms with E-state index in [1.807, 2.05) is 24.7 Å². The maximum Gasteiger partial charge on any atom is 0.225 e. The first-order chi connectivity index (χ1) is 20.0. The van der Waals surface area contributed by atoms with Crippen LogP contribution >= 0.6 is 0 Å². The number of pyridine rings is 1. The van der Waals surface area contributed by atoms with Crippen molar-refractivity contribution >= 4 is 11.5 Å². The Morgan fingerprint density at radius 3 is 2.51 bits per heavy atom. The third-order valence-electron chi connectivity index (χ3n) is 9.59. The molecule has 5 fully saturated rings. The molecular weight excluding hydrogens is 518 g/mol. The molecule has 11 heteroatoms. The normalized spacial score (nSPS) is 26.8. The number of nitrogens with one attached hydrogen (secondary N) is 1. The molecule has 5 aliphatic rings. The molecule has 5 atom stereocenters. The first-order valence-electron chi connectivity index (χ1n) is 15.0. The number of aliphatic hydroxyl groups excluding tert-OH is 1. The number of nitrogens with zero attached hydrogens (tertiary/aromatic N) is 8. The van der Waals surface area contributed by atoms with E-state index < -0.39 is 0 Å². The molecule has 4 unspecified atom stereocenters. The van der Waals surface area contributed by atoms with Crippen molar-refractivity contribution in [1.82, 2.24) is 34.7 Å². The molecule has 2 N–H and O–H groups in total.